The van der Waals surface area contributed by atoms with Crippen LogP contribution in [-0.2, 0) is 6.42 Å². The van der Waals surface area contributed by atoms with E-state index in [2.05, 4.69) is 0 Å². The first-order chi connectivity index (χ1) is 9.58. The van der Waals surface area contributed by atoms with Crippen molar-refractivity contribution >= 4 is 17.3 Å². The Hall–Kier alpha value is -2.69. The van der Waals surface area contributed by atoms with Crippen molar-refractivity contribution in [2.24, 2.45) is 0 Å². The number of benzene rings is 2. The smallest absolute Gasteiger partial charge is 0.258 e. The number of nitrogens with zero attached hydrogens (tertiary/aromatic N) is 1. The molecule has 0 radical (unpaired) electrons. The molecule has 0 unspecified atom stereocenters. The quantitative estimate of drug-likeness (QED) is 0.545. The Kier molecular flexibility index (Phi) is 2.75. The van der Waals surface area contributed by atoms with Gasteiger partial charge < -0.3 is 20.8 Å². The van der Waals surface area contributed by atoms with Crippen molar-refractivity contribution in [1.29, 1.82) is 0 Å². The van der Waals surface area contributed by atoms with Crippen molar-refractivity contribution in [2.45, 2.75) is 6.42 Å². The number of phenolic OH excluding ortho intramolecular Hbond substituents is 2. The molecule has 0 saturated carbocycles. The van der Waals surface area contributed by atoms with Gasteiger partial charge in [-0.25, -0.2) is 0 Å². The highest BCUT2D eigenvalue weighted by Crippen LogP contribution is 2.35. The lowest BCUT2D eigenvalue weighted by molar-refractivity contribution is 0.0989. The predicted octanol–water partition coefficient (Wildman–Crippen LogP) is 1.88. The number of para-hydroxylation sites is 1. The summed E-state index contributed by atoms with van der Waals surface area (Å²) in [6, 6.07) is 9.62. The molecule has 1 heterocycles. The summed E-state index contributed by atoms with van der Waals surface area (Å²) >= 11 is 0. The van der Waals surface area contributed by atoms with Crippen LogP contribution in [-0.4, -0.2) is 22.7 Å². The third kappa shape index (κ3) is 1.84. The van der Waals surface area contributed by atoms with Gasteiger partial charge in [0.2, 0.25) is 0 Å². The van der Waals surface area contributed by atoms with Crippen LogP contribution in [0.15, 0.2) is 36.4 Å². The summed E-state index contributed by atoms with van der Waals surface area (Å²) in [4.78, 5) is 14.1. The fourth-order valence-corrected chi connectivity index (χ4v) is 2.50. The summed E-state index contributed by atoms with van der Waals surface area (Å²) in [6.07, 6.45) is 0.760. The van der Waals surface area contributed by atoms with Crippen LogP contribution in [0.1, 0.15) is 15.9 Å². The highest BCUT2D eigenvalue weighted by molar-refractivity contribution is 6.09. The van der Waals surface area contributed by atoms with Gasteiger partial charge in [0, 0.05) is 12.1 Å². The second-order valence-electron chi connectivity index (χ2n) is 4.77. The van der Waals surface area contributed by atoms with Crippen molar-refractivity contribution in [3.8, 4) is 11.5 Å². The lowest BCUT2D eigenvalue weighted by atomic mass is 10.1. The monoisotopic (exact) mass is 270 g/mol. The topological polar surface area (TPSA) is 86.8 Å². The summed E-state index contributed by atoms with van der Waals surface area (Å²) in [5, 5.41) is 18.8. The van der Waals surface area contributed by atoms with Crippen LogP contribution < -0.4 is 10.6 Å². The third-order valence-electron chi connectivity index (χ3n) is 3.49. The first-order valence-corrected chi connectivity index (χ1v) is 6.29. The molecule has 1 aliphatic heterocycles. The molecule has 0 aliphatic carbocycles. The average molecular weight is 270 g/mol. The minimum absolute atomic E-state index is 0.239. The third-order valence-corrected chi connectivity index (χ3v) is 3.49. The van der Waals surface area contributed by atoms with Crippen LogP contribution in [0.4, 0.5) is 11.4 Å². The van der Waals surface area contributed by atoms with E-state index in [0.29, 0.717) is 17.8 Å². The highest BCUT2D eigenvalue weighted by Gasteiger charge is 2.27. The maximum Gasteiger partial charge on any atom is 0.258 e. The molecule has 0 spiro atoms. The van der Waals surface area contributed by atoms with Crippen LogP contribution in [0.5, 0.6) is 11.5 Å². The number of aromatic hydroxyl groups is 2. The van der Waals surface area contributed by atoms with Crippen LogP contribution >= 0.6 is 0 Å². The van der Waals surface area contributed by atoms with Gasteiger partial charge in [-0.2, -0.15) is 0 Å². The molecule has 5 heteroatoms. The van der Waals surface area contributed by atoms with E-state index in [-0.39, 0.29) is 17.4 Å². The van der Waals surface area contributed by atoms with Crippen molar-refractivity contribution in [3.63, 3.8) is 0 Å². The molecule has 1 amide bonds. The maximum atomic E-state index is 12.5. The molecule has 0 aromatic heterocycles. The summed E-state index contributed by atoms with van der Waals surface area (Å²) in [6.45, 7) is 0.560. The van der Waals surface area contributed by atoms with Crippen molar-refractivity contribution in [3.05, 3.63) is 47.5 Å². The number of hydrogen-bond donors (Lipinski definition) is 3. The van der Waals surface area contributed by atoms with Gasteiger partial charge in [-0.15, -0.1) is 0 Å². The number of anilines is 2. The normalized spacial score (nSPS) is 13.3. The van der Waals surface area contributed by atoms with E-state index >= 15 is 0 Å². The largest absolute Gasteiger partial charge is 0.504 e. The fourth-order valence-electron chi connectivity index (χ4n) is 2.50. The molecule has 5 nitrogen and oxygen atoms in total. The zero-order valence-corrected chi connectivity index (χ0v) is 10.7. The minimum Gasteiger partial charge on any atom is -0.504 e. The molecule has 0 bridgehead atoms. The van der Waals surface area contributed by atoms with Gasteiger partial charge in [0.05, 0.1) is 11.4 Å². The average Bonchev–Trinajstić information content (AvgIpc) is 2.86. The van der Waals surface area contributed by atoms with Gasteiger partial charge in [0.15, 0.2) is 11.5 Å². The van der Waals surface area contributed by atoms with E-state index in [1.54, 1.807) is 11.0 Å². The number of phenols is 2. The van der Waals surface area contributed by atoms with Crippen LogP contribution in [0.2, 0.25) is 0 Å². The number of amides is 1. The van der Waals surface area contributed by atoms with E-state index in [0.717, 1.165) is 17.7 Å². The molecule has 1 aliphatic rings. The first kappa shape index (κ1) is 12.3. The van der Waals surface area contributed by atoms with Crippen molar-refractivity contribution in [2.75, 3.05) is 17.2 Å². The summed E-state index contributed by atoms with van der Waals surface area (Å²) < 4.78 is 0. The zero-order chi connectivity index (χ0) is 14.3. The Morgan fingerprint density at radius 1 is 1.15 bits per heavy atom. The Morgan fingerprint density at radius 3 is 2.70 bits per heavy atom. The number of carbonyl (C=O) groups is 1. The maximum absolute atomic E-state index is 12.5. The number of nitrogens with two attached hydrogens (primary N) is 1. The SMILES string of the molecule is Nc1cccc2c1N(C(=O)c1ccc(O)c(O)c1)CC2. The highest BCUT2D eigenvalue weighted by atomic mass is 16.3. The first-order valence-electron chi connectivity index (χ1n) is 6.29. The lowest BCUT2D eigenvalue weighted by Crippen LogP contribution is -2.29. The van der Waals surface area contributed by atoms with Gasteiger partial charge in [-0.05, 0) is 36.2 Å². The molecule has 3 rings (SSSR count). The Balaban J connectivity index is 1.99. The Bertz CT molecular complexity index is 698. The van der Waals surface area contributed by atoms with Crippen molar-refractivity contribution in [1.82, 2.24) is 0 Å². The van der Waals surface area contributed by atoms with Crippen LogP contribution in [0.25, 0.3) is 0 Å². The number of rotatable bonds is 1. The molecule has 0 fully saturated rings. The molecule has 0 atom stereocenters. The molecular weight excluding hydrogens is 256 g/mol. The predicted molar refractivity (Wildman–Crippen MR) is 76.0 cm³/mol. The van der Waals surface area contributed by atoms with E-state index in [4.69, 9.17) is 5.73 Å². The van der Waals surface area contributed by atoms with E-state index in [1.807, 2.05) is 12.1 Å². The second kappa shape index (κ2) is 4.45. The summed E-state index contributed by atoms with van der Waals surface area (Å²) in [5.74, 6) is -0.795. The molecule has 2 aromatic rings. The Morgan fingerprint density at radius 2 is 1.95 bits per heavy atom. The van der Waals surface area contributed by atoms with Crippen molar-refractivity contribution < 1.29 is 15.0 Å². The zero-order valence-electron chi connectivity index (χ0n) is 10.7. The second-order valence-corrected chi connectivity index (χ2v) is 4.77. The van der Waals surface area contributed by atoms with E-state index in [1.165, 1.54) is 18.2 Å². The summed E-state index contributed by atoms with van der Waals surface area (Å²) in [7, 11) is 0. The lowest BCUT2D eigenvalue weighted by Gasteiger charge is -2.19. The van der Waals surface area contributed by atoms with E-state index in [9.17, 15) is 15.0 Å². The van der Waals surface area contributed by atoms with Gasteiger partial charge in [-0.3, -0.25) is 4.79 Å². The molecular formula is C15H14N2O3. The number of fused-ring (bicyclic) bond motifs is 1. The molecule has 102 valence electrons. The van der Waals surface area contributed by atoms with E-state index < -0.39 is 0 Å². The molecule has 2 aromatic carbocycles. The Labute approximate surface area is 115 Å². The number of hydrogen-bond acceptors (Lipinski definition) is 4. The summed E-state index contributed by atoms with van der Waals surface area (Å²) in [5.41, 5.74) is 8.61. The number of carbonyl (C=O) groups excluding carboxylic acids is 1. The van der Waals surface area contributed by atoms with Gasteiger partial charge in [-0.1, -0.05) is 12.1 Å². The van der Waals surface area contributed by atoms with Gasteiger partial charge in [0.1, 0.15) is 0 Å². The number of nitrogen functional groups attached to an aromatic ring is 1. The fraction of sp³-hybridized carbons (Fsp3) is 0.133. The standard InChI is InChI=1S/C15H14N2O3/c16-11-3-1-2-9-6-7-17(14(9)11)15(20)10-4-5-12(18)13(19)8-10/h1-5,8,18-19H,6-7,16H2. The minimum atomic E-state index is -0.309. The van der Waals surface area contributed by atoms with Gasteiger partial charge >= 0.3 is 0 Å². The van der Waals surface area contributed by atoms with Crippen LogP contribution in [0.3, 0.4) is 0 Å². The van der Waals surface area contributed by atoms with Gasteiger partial charge in [0.25, 0.3) is 5.91 Å². The molecule has 0 saturated heterocycles. The molecule has 4 N–H and O–H groups in total. The molecule has 20 heavy (non-hydrogen) atoms. The van der Waals surface area contributed by atoms with Crippen LogP contribution in [0, 0.1) is 0 Å².